The lowest BCUT2D eigenvalue weighted by Gasteiger charge is -2.18. The van der Waals surface area contributed by atoms with Crippen LogP contribution in [0.25, 0.3) is 0 Å². The Labute approximate surface area is 98.7 Å². The lowest BCUT2D eigenvalue weighted by atomic mass is 10.1. The highest BCUT2D eigenvalue weighted by atomic mass is 16.5. The Bertz CT molecular complexity index is 456. The molecule has 1 aromatic rings. The Balaban J connectivity index is 2.07. The van der Waals surface area contributed by atoms with Crippen LogP contribution in [0.2, 0.25) is 0 Å². The van der Waals surface area contributed by atoms with Crippen molar-refractivity contribution in [3.05, 3.63) is 23.8 Å². The highest BCUT2D eigenvalue weighted by Crippen LogP contribution is 2.28. The molecular formula is C12H13NO4. The van der Waals surface area contributed by atoms with Crippen molar-refractivity contribution in [2.45, 2.75) is 12.8 Å². The number of nitrogens with one attached hydrogen (secondary N) is 1. The number of amides is 1. The molecule has 0 radical (unpaired) electrons. The topological polar surface area (TPSA) is 64.6 Å². The van der Waals surface area contributed by atoms with Crippen LogP contribution in [0.3, 0.4) is 0 Å². The average Bonchev–Trinajstić information content (AvgIpc) is 2.35. The van der Waals surface area contributed by atoms with Crippen LogP contribution in [0.4, 0.5) is 5.69 Å². The number of carbonyl (C=O) groups excluding carboxylic acids is 2. The summed E-state index contributed by atoms with van der Waals surface area (Å²) in [7, 11) is 1.36. The number of benzene rings is 1. The van der Waals surface area contributed by atoms with Crippen LogP contribution in [0.1, 0.15) is 12.0 Å². The first-order valence-electron chi connectivity index (χ1n) is 5.31. The lowest BCUT2D eigenvalue weighted by molar-refractivity contribution is -0.140. The molecule has 0 saturated carbocycles. The number of hydrogen-bond donors (Lipinski definition) is 1. The van der Waals surface area contributed by atoms with Gasteiger partial charge >= 0.3 is 5.97 Å². The first-order chi connectivity index (χ1) is 8.19. The molecule has 0 fully saturated rings. The van der Waals surface area contributed by atoms with Crippen LogP contribution in [0.15, 0.2) is 18.2 Å². The van der Waals surface area contributed by atoms with Crippen molar-refractivity contribution in [3.8, 4) is 5.75 Å². The third-order valence-corrected chi connectivity index (χ3v) is 2.52. The molecule has 1 amide bonds. The van der Waals surface area contributed by atoms with Crippen LogP contribution in [-0.2, 0) is 20.7 Å². The van der Waals surface area contributed by atoms with Crippen molar-refractivity contribution >= 4 is 17.6 Å². The van der Waals surface area contributed by atoms with Gasteiger partial charge in [-0.05, 0) is 24.1 Å². The van der Waals surface area contributed by atoms with Gasteiger partial charge in [0.15, 0.2) is 6.61 Å². The predicted octanol–water partition coefficient (Wildman–Crippen LogP) is 1.12. The van der Waals surface area contributed by atoms with Crippen LogP contribution in [0, 0.1) is 0 Å². The number of hydrogen-bond acceptors (Lipinski definition) is 4. The van der Waals surface area contributed by atoms with Crippen LogP contribution in [0.5, 0.6) is 5.75 Å². The molecule has 1 aromatic carbocycles. The van der Waals surface area contributed by atoms with Crippen LogP contribution < -0.4 is 10.1 Å². The maximum atomic E-state index is 11.1. The van der Waals surface area contributed by atoms with E-state index in [1.807, 2.05) is 12.1 Å². The van der Waals surface area contributed by atoms with Crippen molar-refractivity contribution in [1.82, 2.24) is 0 Å². The minimum absolute atomic E-state index is 0.0501. The zero-order chi connectivity index (χ0) is 12.3. The first kappa shape index (κ1) is 11.4. The summed E-state index contributed by atoms with van der Waals surface area (Å²) in [5.74, 6) is 0.247. The standard InChI is InChI=1S/C12H13NO4/c1-16-12(15)5-3-8-2-4-10-9(6-8)13-11(14)7-17-10/h2,4,6H,3,5,7H2,1H3,(H,13,14). The van der Waals surface area contributed by atoms with Crippen molar-refractivity contribution < 1.29 is 19.1 Å². The number of rotatable bonds is 3. The predicted molar refractivity (Wildman–Crippen MR) is 60.9 cm³/mol. The quantitative estimate of drug-likeness (QED) is 0.797. The highest BCUT2D eigenvalue weighted by molar-refractivity contribution is 5.95. The third-order valence-electron chi connectivity index (χ3n) is 2.52. The molecule has 0 unspecified atom stereocenters. The summed E-state index contributed by atoms with van der Waals surface area (Å²) in [6.45, 7) is 0.0501. The molecule has 1 aliphatic heterocycles. The van der Waals surface area contributed by atoms with E-state index in [0.29, 0.717) is 24.3 Å². The van der Waals surface area contributed by atoms with Gasteiger partial charge in [-0.15, -0.1) is 0 Å². The number of ether oxygens (including phenoxy) is 2. The van der Waals surface area contributed by atoms with Gasteiger partial charge in [0.2, 0.25) is 0 Å². The third kappa shape index (κ3) is 2.75. The molecule has 0 atom stereocenters. The normalized spacial score (nSPS) is 13.4. The first-order valence-corrected chi connectivity index (χ1v) is 5.31. The van der Waals surface area contributed by atoms with Crippen molar-refractivity contribution in [3.63, 3.8) is 0 Å². The molecule has 1 heterocycles. The molecule has 0 aromatic heterocycles. The van der Waals surface area contributed by atoms with Crippen molar-refractivity contribution in [2.24, 2.45) is 0 Å². The molecule has 17 heavy (non-hydrogen) atoms. The second kappa shape index (κ2) is 4.86. The van der Waals surface area contributed by atoms with Crippen LogP contribution in [-0.4, -0.2) is 25.6 Å². The Hall–Kier alpha value is -2.04. The van der Waals surface area contributed by atoms with Gasteiger partial charge in [0.1, 0.15) is 5.75 Å². The Morgan fingerprint density at radius 1 is 1.53 bits per heavy atom. The molecule has 0 spiro atoms. The van der Waals surface area contributed by atoms with Gasteiger partial charge in [0.05, 0.1) is 12.8 Å². The highest BCUT2D eigenvalue weighted by Gasteiger charge is 2.15. The second-order valence-electron chi connectivity index (χ2n) is 3.74. The van der Waals surface area contributed by atoms with Crippen molar-refractivity contribution in [2.75, 3.05) is 19.0 Å². The molecule has 2 rings (SSSR count). The van der Waals surface area contributed by atoms with Gasteiger partial charge in [-0.2, -0.15) is 0 Å². The van der Waals surface area contributed by atoms with Gasteiger partial charge in [-0.1, -0.05) is 6.07 Å². The summed E-state index contributed by atoms with van der Waals surface area (Å²) in [6.07, 6.45) is 0.903. The molecular weight excluding hydrogens is 222 g/mol. The van der Waals surface area contributed by atoms with E-state index in [0.717, 1.165) is 5.56 Å². The Morgan fingerprint density at radius 2 is 2.35 bits per heavy atom. The van der Waals surface area contributed by atoms with E-state index < -0.39 is 0 Å². The number of anilines is 1. The van der Waals surface area contributed by atoms with Gasteiger partial charge < -0.3 is 14.8 Å². The van der Waals surface area contributed by atoms with E-state index in [-0.39, 0.29) is 18.5 Å². The maximum Gasteiger partial charge on any atom is 0.305 e. The summed E-state index contributed by atoms with van der Waals surface area (Å²) >= 11 is 0. The van der Waals surface area contributed by atoms with Crippen molar-refractivity contribution in [1.29, 1.82) is 0 Å². The molecule has 1 aliphatic rings. The van der Waals surface area contributed by atoms with E-state index in [1.54, 1.807) is 6.07 Å². The average molecular weight is 235 g/mol. The summed E-state index contributed by atoms with van der Waals surface area (Å²) in [6, 6.07) is 5.48. The SMILES string of the molecule is COC(=O)CCc1ccc2c(c1)NC(=O)CO2. The summed E-state index contributed by atoms with van der Waals surface area (Å²) in [5, 5.41) is 2.72. The van der Waals surface area contributed by atoms with Gasteiger partial charge in [-0.3, -0.25) is 9.59 Å². The summed E-state index contributed by atoms with van der Waals surface area (Å²) < 4.78 is 9.80. The minimum Gasteiger partial charge on any atom is -0.482 e. The fourth-order valence-corrected chi connectivity index (χ4v) is 1.63. The second-order valence-corrected chi connectivity index (χ2v) is 3.74. The van der Waals surface area contributed by atoms with E-state index in [2.05, 4.69) is 10.1 Å². The number of esters is 1. The number of fused-ring (bicyclic) bond motifs is 1. The van der Waals surface area contributed by atoms with Gasteiger partial charge in [0, 0.05) is 6.42 Å². The zero-order valence-corrected chi connectivity index (χ0v) is 9.49. The molecule has 0 bridgehead atoms. The number of carbonyl (C=O) groups is 2. The number of aryl methyl sites for hydroxylation is 1. The van der Waals surface area contributed by atoms with E-state index in [4.69, 9.17) is 4.74 Å². The van der Waals surface area contributed by atoms with Crippen LogP contribution >= 0.6 is 0 Å². The Kier molecular flexibility index (Phi) is 3.27. The summed E-state index contributed by atoms with van der Waals surface area (Å²) in [4.78, 5) is 22.1. The molecule has 0 aliphatic carbocycles. The van der Waals surface area contributed by atoms with Gasteiger partial charge in [0.25, 0.3) is 5.91 Å². The fraction of sp³-hybridized carbons (Fsp3) is 0.333. The largest absolute Gasteiger partial charge is 0.482 e. The Morgan fingerprint density at radius 3 is 3.12 bits per heavy atom. The molecule has 90 valence electrons. The monoisotopic (exact) mass is 235 g/mol. The smallest absolute Gasteiger partial charge is 0.305 e. The zero-order valence-electron chi connectivity index (χ0n) is 9.49. The number of methoxy groups -OCH3 is 1. The lowest BCUT2D eigenvalue weighted by Crippen LogP contribution is -2.25. The van der Waals surface area contributed by atoms with Gasteiger partial charge in [-0.25, -0.2) is 0 Å². The molecule has 0 saturated heterocycles. The van der Waals surface area contributed by atoms with E-state index >= 15 is 0 Å². The molecule has 5 nitrogen and oxygen atoms in total. The fourth-order valence-electron chi connectivity index (χ4n) is 1.63. The van der Waals surface area contributed by atoms with E-state index in [1.165, 1.54) is 7.11 Å². The molecule has 1 N–H and O–H groups in total. The maximum absolute atomic E-state index is 11.1. The molecule has 5 heteroatoms. The summed E-state index contributed by atoms with van der Waals surface area (Å²) in [5.41, 5.74) is 1.61. The van der Waals surface area contributed by atoms with E-state index in [9.17, 15) is 9.59 Å². The minimum atomic E-state index is -0.247.